The van der Waals surface area contributed by atoms with E-state index in [4.69, 9.17) is 4.74 Å². The van der Waals surface area contributed by atoms with Crippen LogP contribution < -0.4 is 10.1 Å². The monoisotopic (exact) mass is 442 g/mol. The SMILES string of the molecule is CN=C(NCc1cccnc1OC1CCCC1)N1CCN(C(C)C(=O)N2CCCC2)CC1. The highest BCUT2D eigenvalue weighted by molar-refractivity contribution is 5.82. The molecular formula is C24H38N6O2. The average Bonchev–Trinajstić information content (AvgIpc) is 3.55. The zero-order valence-corrected chi connectivity index (χ0v) is 19.6. The number of likely N-dealkylation sites (tertiary alicyclic amines) is 1. The van der Waals surface area contributed by atoms with Crippen LogP contribution in [-0.4, -0.2) is 90.0 Å². The Labute approximate surface area is 192 Å². The smallest absolute Gasteiger partial charge is 0.239 e. The number of rotatable bonds is 6. The van der Waals surface area contributed by atoms with Crippen molar-refractivity contribution in [2.75, 3.05) is 46.3 Å². The molecule has 3 heterocycles. The van der Waals surface area contributed by atoms with E-state index in [-0.39, 0.29) is 11.9 Å². The Morgan fingerprint density at radius 3 is 2.53 bits per heavy atom. The van der Waals surface area contributed by atoms with Crippen molar-refractivity contribution in [3.63, 3.8) is 0 Å². The molecule has 0 spiro atoms. The lowest BCUT2D eigenvalue weighted by Gasteiger charge is -2.39. The second kappa shape index (κ2) is 11.0. The topological polar surface area (TPSA) is 73.3 Å². The van der Waals surface area contributed by atoms with Gasteiger partial charge in [0.15, 0.2) is 5.96 Å². The van der Waals surface area contributed by atoms with Gasteiger partial charge in [0.2, 0.25) is 11.8 Å². The lowest BCUT2D eigenvalue weighted by Crippen LogP contribution is -2.57. The third kappa shape index (κ3) is 5.52. The van der Waals surface area contributed by atoms with E-state index in [1.807, 2.05) is 18.0 Å². The van der Waals surface area contributed by atoms with E-state index in [0.717, 1.165) is 82.4 Å². The maximum absolute atomic E-state index is 12.7. The van der Waals surface area contributed by atoms with Crippen LogP contribution in [0.3, 0.4) is 0 Å². The van der Waals surface area contributed by atoms with Crippen molar-refractivity contribution < 1.29 is 9.53 Å². The van der Waals surface area contributed by atoms with E-state index >= 15 is 0 Å². The Bertz CT molecular complexity index is 780. The summed E-state index contributed by atoms with van der Waals surface area (Å²) in [4.78, 5) is 28.3. The number of carbonyl (C=O) groups excluding carboxylic acids is 1. The van der Waals surface area contributed by atoms with Crippen LogP contribution in [0.2, 0.25) is 0 Å². The molecule has 1 N–H and O–H groups in total. The molecule has 2 aliphatic heterocycles. The highest BCUT2D eigenvalue weighted by atomic mass is 16.5. The first-order valence-corrected chi connectivity index (χ1v) is 12.2. The maximum atomic E-state index is 12.7. The molecule has 8 nitrogen and oxygen atoms in total. The molecule has 0 bridgehead atoms. The molecule has 8 heteroatoms. The molecule has 1 aliphatic carbocycles. The first-order chi connectivity index (χ1) is 15.7. The fourth-order valence-corrected chi connectivity index (χ4v) is 5.01. The maximum Gasteiger partial charge on any atom is 0.239 e. The molecule has 2 saturated heterocycles. The van der Waals surface area contributed by atoms with E-state index in [0.29, 0.717) is 12.6 Å². The third-order valence-electron chi connectivity index (χ3n) is 7.02. The summed E-state index contributed by atoms with van der Waals surface area (Å²) in [6, 6.07) is 3.98. The number of carbonyl (C=O) groups is 1. The van der Waals surface area contributed by atoms with E-state index < -0.39 is 0 Å². The van der Waals surface area contributed by atoms with Gasteiger partial charge < -0.3 is 19.9 Å². The van der Waals surface area contributed by atoms with Crippen LogP contribution in [0.4, 0.5) is 0 Å². The average molecular weight is 443 g/mol. The van der Waals surface area contributed by atoms with Gasteiger partial charge in [0.25, 0.3) is 0 Å². The highest BCUT2D eigenvalue weighted by Gasteiger charge is 2.30. The number of pyridine rings is 1. The minimum Gasteiger partial charge on any atom is -0.474 e. The summed E-state index contributed by atoms with van der Waals surface area (Å²) in [5, 5.41) is 3.49. The Morgan fingerprint density at radius 2 is 1.84 bits per heavy atom. The summed E-state index contributed by atoms with van der Waals surface area (Å²) in [5.74, 6) is 1.91. The van der Waals surface area contributed by atoms with Crippen molar-refractivity contribution in [3.05, 3.63) is 23.9 Å². The van der Waals surface area contributed by atoms with E-state index in [1.54, 1.807) is 6.20 Å². The van der Waals surface area contributed by atoms with Crippen molar-refractivity contribution in [2.45, 2.75) is 64.1 Å². The Kier molecular flexibility index (Phi) is 7.84. The zero-order valence-electron chi connectivity index (χ0n) is 19.6. The molecular weight excluding hydrogens is 404 g/mol. The second-order valence-electron chi connectivity index (χ2n) is 9.12. The van der Waals surface area contributed by atoms with Gasteiger partial charge in [0.05, 0.1) is 6.04 Å². The quantitative estimate of drug-likeness (QED) is 0.537. The van der Waals surface area contributed by atoms with Gasteiger partial charge in [-0.3, -0.25) is 14.7 Å². The van der Waals surface area contributed by atoms with Crippen LogP contribution in [0.5, 0.6) is 5.88 Å². The number of aromatic nitrogens is 1. The van der Waals surface area contributed by atoms with Crippen LogP contribution in [-0.2, 0) is 11.3 Å². The molecule has 0 aromatic carbocycles. The van der Waals surface area contributed by atoms with Crippen LogP contribution >= 0.6 is 0 Å². The van der Waals surface area contributed by atoms with Crippen molar-refractivity contribution in [1.29, 1.82) is 0 Å². The van der Waals surface area contributed by atoms with Gasteiger partial charge in [-0.1, -0.05) is 6.07 Å². The van der Waals surface area contributed by atoms with Crippen LogP contribution in [0.15, 0.2) is 23.3 Å². The third-order valence-corrected chi connectivity index (χ3v) is 7.02. The number of piperazine rings is 1. The van der Waals surface area contributed by atoms with Crippen molar-refractivity contribution >= 4 is 11.9 Å². The zero-order chi connectivity index (χ0) is 22.3. The lowest BCUT2D eigenvalue weighted by atomic mass is 10.2. The van der Waals surface area contributed by atoms with Gasteiger partial charge in [-0.15, -0.1) is 0 Å². The first kappa shape index (κ1) is 22.8. The molecule has 1 aromatic rings. The summed E-state index contributed by atoms with van der Waals surface area (Å²) in [5.41, 5.74) is 1.06. The summed E-state index contributed by atoms with van der Waals surface area (Å²) in [6.07, 6.45) is 9.09. The van der Waals surface area contributed by atoms with E-state index in [9.17, 15) is 4.79 Å². The van der Waals surface area contributed by atoms with Crippen molar-refractivity contribution in [3.8, 4) is 5.88 Å². The standard InChI is InChI=1S/C24H38N6O2/c1-19(23(31)29-12-5-6-13-29)28-14-16-30(17-15-28)24(25-2)27-18-20-8-7-11-26-22(20)32-21-9-3-4-10-21/h7-8,11,19,21H,3-6,9-10,12-18H2,1-2H3,(H,25,27). The van der Waals surface area contributed by atoms with Crippen molar-refractivity contribution in [1.82, 2.24) is 25.0 Å². The second-order valence-corrected chi connectivity index (χ2v) is 9.12. The highest BCUT2D eigenvalue weighted by Crippen LogP contribution is 2.25. The minimum atomic E-state index is -0.0455. The molecule has 1 aromatic heterocycles. The van der Waals surface area contributed by atoms with Crippen LogP contribution in [0.25, 0.3) is 0 Å². The van der Waals surface area contributed by atoms with Crippen molar-refractivity contribution in [2.24, 2.45) is 4.99 Å². The normalized spacial score (nSPS) is 21.8. The molecule has 1 amide bonds. The molecule has 3 aliphatic rings. The molecule has 3 fully saturated rings. The van der Waals surface area contributed by atoms with Gasteiger partial charge in [-0.2, -0.15) is 0 Å². The molecule has 4 rings (SSSR count). The number of hydrogen-bond acceptors (Lipinski definition) is 5. The van der Waals surface area contributed by atoms with Gasteiger partial charge in [0.1, 0.15) is 6.10 Å². The van der Waals surface area contributed by atoms with Crippen LogP contribution in [0.1, 0.15) is 51.0 Å². The molecule has 1 unspecified atom stereocenters. The Balaban J connectivity index is 1.28. The number of nitrogens with zero attached hydrogens (tertiary/aromatic N) is 5. The summed E-state index contributed by atoms with van der Waals surface area (Å²) < 4.78 is 6.18. The molecule has 0 radical (unpaired) electrons. The number of aliphatic imine (C=N–C) groups is 1. The fraction of sp³-hybridized carbons (Fsp3) is 0.708. The van der Waals surface area contributed by atoms with Gasteiger partial charge in [0, 0.05) is 64.6 Å². The first-order valence-electron chi connectivity index (χ1n) is 12.2. The largest absolute Gasteiger partial charge is 0.474 e. The summed E-state index contributed by atoms with van der Waals surface area (Å²) >= 11 is 0. The predicted octanol–water partition coefficient (Wildman–Crippen LogP) is 2.11. The lowest BCUT2D eigenvalue weighted by molar-refractivity contribution is -0.135. The fourth-order valence-electron chi connectivity index (χ4n) is 5.01. The van der Waals surface area contributed by atoms with E-state index in [2.05, 4.69) is 38.1 Å². The summed E-state index contributed by atoms with van der Waals surface area (Å²) in [6.45, 7) is 7.96. The number of amides is 1. The predicted molar refractivity (Wildman–Crippen MR) is 126 cm³/mol. The van der Waals surface area contributed by atoms with Gasteiger partial charge >= 0.3 is 0 Å². The number of ether oxygens (including phenoxy) is 1. The van der Waals surface area contributed by atoms with Crippen LogP contribution in [0, 0.1) is 0 Å². The molecule has 176 valence electrons. The van der Waals surface area contributed by atoms with E-state index in [1.165, 1.54) is 12.8 Å². The van der Waals surface area contributed by atoms with Gasteiger partial charge in [-0.05, 0) is 51.5 Å². The molecule has 32 heavy (non-hydrogen) atoms. The minimum absolute atomic E-state index is 0.0455. The molecule has 1 atom stereocenters. The Hall–Kier alpha value is -2.35. The van der Waals surface area contributed by atoms with Gasteiger partial charge in [-0.25, -0.2) is 4.98 Å². The summed E-state index contributed by atoms with van der Waals surface area (Å²) in [7, 11) is 1.83. The number of nitrogens with one attached hydrogen (secondary N) is 1. The number of hydrogen-bond donors (Lipinski definition) is 1. The Morgan fingerprint density at radius 1 is 1.12 bits per heavy atom. The number of guanidine groups is 1. The molecule has 1 saturated carbocycles.